The highest BCUT2D eigenvalue weighted by Crippen LogP contribution is 2.49. The van der Waals surface area contributed by atoms with Crippen LogP contribution in [-0.2, 0) is 0 Å². The second kappa shape index (κ2) is 3.34. The van der Waals surface area contributed by atoms with Gasteiger partial charge in [0.25, 0.3) is 5.91 Å². The number of carbonyl (C=O) groups excluding carboxylic acids is 1. The lowest BCUT2D eigenvalue weighted by Gasteiger charge is -2.19. The molecule has 3 N–H and O–H groups in total. The first-order valence-corrected chi connectivity index (χ1v) is 5.32. The molecule has 0 aliphatic heterocycles. The fourth-order valence-electron chi connectivity index (χ4n) is 1.28. The number of amides is 1. The van der Waals surface area contributed by atoms with Crippen LogP contribution in [0.4, 0.5) is 18.3 Å². The predicted octanol–water partition coefficient (Wildman–Crippen LogP) is 1.55. The van der Waals surface area contributed by atoms with Gasteiger partial charge in [0.1, 0.15) is 11.2 Å². The quantitative estimate of drug-likeness (QED) is 0.838. The van der Waals surface area contributed by atoms with Gasteiger partial charge in [-0.3, -0.25) is 4.79 Å². The fraction of sp³-hybridized carbons (Fsp3) is 0.500. The Hall–Kier alpha value is -1.31. The lowest BCUT2D eigenvalue weighted by atomic mass is 10.2. The van der Waals surface area contributed by atoms with Crippen LogP contribution in [0.2, 0.25) is 0 Å². The first kappa shape index (κ1) is 11.2. The summed E-state index contributed by atoms with van der Waals surface area (Å²) in [5, 5.41) is 3.45. The van der Waals surface area contributed by atoms with Crippen molar-refractivity contribution in [1.82, 2.24) is 10.3 Å². The van der Waals surface area contributed by atoms with Crippen molar-refractivity contribution in [3.05, 3.63) is 11.1 Å². The number of nitrogen functional groups attached to an aromatic ring is 1. The molecule has 1 aromatic heterocycles. The third-order valence-corrected chi connectivity index (χ3v) is 3.07. The van der Waals surface area contributed by atoms with Gasteiger partial charge in [-0.15, -0.1) is 11.3 Å². The van der Waals surface area contributed by atoms with Crippen LogP contribution in [-0.4, -0.2) is 22.6 Å². The Morgan fingerprint density at radius 1 is 1.56 bits per heavy atom. The van der Waals surface area contributed by atoms with Crippen molar-refractivity contribution in [2.24, 2.45) is 0 Å². The SMILES string of the molecule is Nc1nc(C(=O)NC2(C(F)(F)F)CC2)cs1. The van der Waals surface area contributed by atoms with Crippen LogP contribution in [0.25, 0.3) is 0 Å². The summed E-state index contributed by atoms with van der Waals surface area (Å²) in [7, 11) is 0. The number of hydrogen-bond donors (Lipinski definition) is 2. The van der Waals surface area contributed by atoms with Crippen molar-refractivity contribution in [3.63, 3.8) is 0 Å². The Morgan fingerprint density at radius 3 is 2.56 bits per heavy atom. The van der Waals surface area contributed by atoms with Crippen molar-refractivity contribution in [2.45, 2.75) is 24.6 Å². The average molecular weight is 251 g/mol. The summed E-state index contributed by atoms with van der Waals surface area (Å²) in [4.78, 5) is 15.1. The highest BCUT2D eigenvalue weighted by atomic mass is 32.1. The second-order valence-corrected chi connectivity index (χ2v) is 4.49. The molecule has 0 aromatic carbocycles. The van der Waals surface area contributed by atoms with E-state index in [9.17, 15) is 18.0 Å². The Kier molecular flexibility index (Phi) is 2.33. The number of nitrogens with two attached hydrogens (primary N) is 1. The molecule has 1 fully saturated rings. The first-order valence-electron chi connectivity index (χ1n) is 4.44. The van der Waals surface area contributed by atoms with Crippen LogP contribution >= 0.6 is 11.3 Å². The van der Waals surface area contributed by atoms with Crippen LogP contribution in [0.1, 0.15) is 23.3 Å². The predicted molar refractivity (Wildman–Crippen MR) is 52.0 cm³/mol. The molecule has 1 aromatic rings. The molecule has 0 bridgehead atoms. The van der Waals surface area contributed by atoms with Crippen molar-refractivity contribution in [2.75, 3.05) is 5.73 Å². The summed E-state index contributed by atoms with van der Waals surface area (Å²) < 4.78 is 37.6. The van der Waals surface area contributed by atoms with Crippen LogP contribution in [0.5, 0.6) is 0 Å². The number of rotatable bonds is 2. The number of halogens is 3. The highest BCUT2D eigenvalue weighted by molar-refractivity contribution is 7.13. The molecule has 0 unspecified atom stereocenters. The Morgan fingerprint density at radius 2 is 2.19 bits per heavy atom. The summed E-state index contributed by atoms with van der Waals surface area (Å²) in [6.07, 6.45) is -4.58. The molecular weight excluding hydrogens is 243 g/mol. The van der Waals surface area contributed by atoms with Gasteiger partial charge in [-0.25, -0.2) is 4.98 Å². The summed E-state index contributed by atoms with van der Waals surface area (Å²) in [5.74, 6) is -0.831. The third-order valence-electron chi connectivity index (χ3n) is 2.40. The maximum Gasteiger partial charge on any atom is 0.411 e. The molecule has 88 valence electrons. The van der Waals surface area contributed by atoms with Gasteiger partial charge < -0.3 is 11.1 Å². The van der Waals surface area contributed by atoms with Gasteiger partial charge in [-0.2, -0.15) is 13.2 Å². The van der Waals surface area contributed by atoms with Crippen molar-refractivity contribution in [1.29, 1.82) is 0 Å². The van der Waals surface area contributed by atoms with E-state index in [1.54, 1.807) is 0 Å². The molecule has 2 rings (SSSR count). The van der Waals surface area contributed by atoms with Gasteiger partial charge in [0.15, 0.2) is 5.13 Å². The van der Waals surface area contributed by atoms with Gasteiger partial charge in [0, 0.05) is 5.38 Å². The van der Waals surface area contributed by atoms with E-state index in [1.165, 1.54) is 5.38 Å². The standard InChI is InChI=1S/C8H8F3N3OS/c9-8(10,11)7(1-2-7)14-5(15)4-3-16-6(12)13-4/h3H,1-2H2,(H2,12,13)(H,14,15). The summed E-state index contributed by atoms with van der Waals surface area (Å²) >= 11 is 1.01. The molecular formula is C8H8F3N3OS. The van der Waals surface area contributed by atoms with E-state index in [4.69, 9.17) is 5.73 Å². The molecule has 1 aliphatic rings. The molecule has 1 aliphatic carbocycles. The normalized spacial score (nSPS) is 18.2. The van der Waals surface area contributed by atoms with E-state index in [0.29, 0.717) is 0 Å². The minimum atomic E-state index is -4.41. The zero-order valence-corrected chi connectivity index (χ0v) is 8.78. The number of aromatic nitrogens is 1. The molecule has 1 heterocycles. The molecule has 0 radical (unpaired) electrons. The van der Waals surface area contributed by atoms with Crippen molar-refractivity contribution >= 4 is 22.4 Å². The molecule has 1 saturated carbocycles. The van der Waals surface area contributed by atoms with Gasteiger partial charge in [-0.1, -0.05) is 0 Å². The molecule has 16 heavy (non-hydrogen) atoms. The van der Waals surface area contributed by atoms with Crippen LogP contribution < -0.4 is 11.1 Å². The maximum atomic E-state index is 12.5. The summed E-state index contributed by atoms with van der Waals surface area (Å²) in [5.41, 5.74) is 3.16. The molecule has 1 amide bonds. The molecule has 0 spiro atoms. The lowest BCUT2D eigenvalue weighted by molar-refractivity contribution is -0.163. The lowest BCUT2D eigenvalue weighted by Crippen LogP contribution is -2.47. The Labute approximate surface area is 92.7 Å². The summed E-state index contributed by atoms with van der Waals surface area (Å²) in [6.45, 7) is 0. The van der Waals surface area contributed by atoms with Gasteiger partial charge >= 0.3 is 6.18 Å². The van der Waals surface area contributed by atoms with Crippen LogP contribution in [0.3, 0.4) is 0 Å². The van der Waals surface area contributed by atoms with Crippen molar-refractivity contribution in [3.8, 4) is 0 Å². The zero-order chi connectivity index (χ0) is 12.0. The minimum absolute atomic E-state index is 0.0713. The van der Waals surface area contributed by atoms with Crippen LogP contribution in [0.15, 0.2) is 5.38 Å². The molecule has 4 nitrogen and oxygen atoms in total. The van der Waals surface area contributed by atoms with E-state index < -0.39 is 17.6 Å². The van der Waals surface area contributed by atoms with E-state index in [1.807, 2.05) is 5.32 Å². The molecule has 0 saturated heterocycles. The zero-order valence-electron chi connectivity index (χ0n) is 7.97. The van der Waals surface area contributed by atoms with Gasteiger partial charge in [-0.05, 0) is 12.8 Å². The molecule has 0 atom stereocenters. The topological polar surface area (TPSA) is 68.0 Å². The first-order chi connectivity index (χ1) is 7.34. The average Bonchev–Trinajstić information content (AvgIpc) is 2.81. The van der Waals surface area contributed by atoms with E-state index in [-0.39, 0.29) is 23.7 Å². The number of hydrogen-bond acceptors (Lipinski definition) is 4. The largest absolute Gasteiger partial charge is 0.411 e. The number of thiazole rings is 1. The Bertz CT molecular complexity index is 424. The number of carbonyl (C=O) groups is 1. The van der Waals surface area contributed by atoms with Crippen molar-refractivity contribution < 1.29 is 18.0 Å². The number of nitrogens with zero attached hydrogens (tertiary/aromatic N) is 1. The smallest absolute Gasteiger partial charge is 0.375 e. The molecule has 8 heteroatoms. The second-order valence-electron chi connectivity index (χ2n) is 3.60. The number of alkyl halides is 3. The fourth-order valence-corrected chi connectivity index (χ4v) is 1.82. The van der Waals surface area contributed by atoms with E-state index in [2.05, 4.69) is 4.98 Å². The monoisotopic (exact) mass is 251 g/mol. The van der Waals surface area contributed by atoms with Crippen LogP contribution in [0, 0.1) is 0 Å². The highest BCUT2D eigenvalue weighted by Gasteiger charge is 2.64. The maximum absolute atomic E-state index is 12.5. The third kappa shape index (κ3) is 1.84. The minimum Gasteiger partial charge on any atom is -0.375 e. The number of anilines is 1. The van der Waals surface area contributed by atoms with E-state index in [0.717, 1.165) is 11.3 Å². The Balaban J connectivity index is 2.09. The van der Waals surface area contributed by atoms with E-state index >= 15 is 0 Å². The summed E-state index contributed by atoms with van der Waals surface area (Å²) in [6, 6.07) is 0. The van der Waals surface area contributed by atoms with Gasteiger partial charge in [0.05, 0.1) is 0 Å². The van der Waals surface area contributed by atoms with Gasteiger partial charge in [0.2, 0.25) is 0 Å². The number of nitrogens with one attached hydrogen (secondary N) is 1.